The van der Waals surface area contributed by atoms with Gasteiger partial charge >= 0.3 is 5.97 Å². The van der Waals surface area contributed by atoms with E-state index in [9.17, 15) is 9.59 Å². The third-order valence-corrected chi connectivity index (χ3v) is 4.64. The Morgan fingerprint density at radius 3 is 2.57 bits per heavy atom. The van der Waals surface area contributed by atoms with Crippen LogP contribution in [0.2, 0.25) is 0 Å². The number of carbonyl (C=O) groups is 2. The first-order valence-electron chi connectivity index (χ1n) is 9.08. The standard InChI is InChI=1S/C21H23N3O4/c1-14-11-17(15(2)24(14)9-4-10-27-3)20(25)13-28-21(26)16-5-6-18-19(12-16)23-8-7-22-18/h5-8,11-12H,4,9-10,13H2,1-3H3. The zero-order valence-corrected chi connectivity index (χ0v) is 16.3. The van der Waals surface area contributed by atoms with Crippen LogP contribution in [0.4, 0.5) is 0 Å². The Hall–Kier alpha value is -3.06. The number of methoxy groups -OCH3 is 1. The molecule has 0 radical (unpaired) electrons. The highest BCUT2D eigenvalue weighted by atomic mass is 16.5. The van der Waals surface area contributed by atoms with Crippen LogP contribution in [0.15, 0.2) is 36.7 Å². The molecule has 2 heterocycles. The van der Waals surface area contributed by atoms with E-state index in [1.165, 1.54) is 0 Å². The number of hydrogen-bond acceptors (Lipinski definition) is 6. The van der Waals surface area contributed by atoms with Crippen LogP contribution in [-0.4, -0.2) is 46.6 Å². The number of nitrogens with zero attached hydrogens (tertiary/aromatic N) is 3. The van der Waals surface area contributed by atoms with E-state index in [4.69, 9.17) is 9.47 Å². The highest BCUT2D eigenvalue weighted by molar-refractivity contribution is 6.01. The lowest BCUT2D eigenvalue weighted by Gasteiger charge is -2.09. The average molecular weight is 381 g/mol. The summed E-state index contributed by atoms with van der Waals surface area (Å²) in [6.45, 7) is 4.99. The summed E-state index contributed by atoms with van der Waals surface area (Å²) >= 11 is 0. The van der Waals surface area contributed by atoms with E-state index < -0.39 is 5.97 Å². The molecular weight excluding hydrogens is 358 g/mol. The van der Waals surface area contributed by atoms with Crippen molar-refractivity contribution in [1.29, 1.82) is 0 Å². The van der Waals surface area contributed by atoms with Crippen LogP contribution in [0.1, 0.15) is 38.5 Å². The second-order valence-corrected chi connectivity index (χ2v) is 6.54. The van der Waals surface area contributed by atoms with Crippen molar-refractivity contribution in [3.8, 4) is 0 Å². The first-order valence-corrected chi connectivity index (χ1v) is 9.08. The Kier molecular flexibility index (Phi) is 6.16. The fourth-order valence-corrected chi connectivity index (χ4v) is 3.18. The third kappa shape index (κ3) is 4.26. The maximum Gasteiger partial charge on any atom is 0.338 e. The van der Waals surface area contributed by atoms with Gasteiger partial charge in [0.15, 0.2) is 6.61 Å². The predicted octanol–water partition coefficient (Wildman–Crippen LogP) is 3.12. The molecule has 0 N–H and O–H groups in total. The first kappa shape index (κ1) is 19.7. The lowest BCUT2D eigenvalue weighted by molar-refractivity contribution is 0.0474. The number of hydrogen-bond donors (Lipinski definition) is 0. The van der Waals surface area contributed by atoms with Crippen molar-refractivity contribution in [2.24, 2.45) is 0 Å². The lowest BCUT2D eigenvalue weighted by Crippen LogP contribution is -2.15. The van der Waals surface area contributed by atoms with Crippen LogP contribution in [0.25, 0.3) is 11.0 Å². The molecule has 1 aromatic carbocycles. The maximum atomic E-state index is 12.6. The summed E-state index contributed by atoms with van der Waals surface area (Å²) in [6, 6.07) is 6.76. The molecule has 0 atom stereocenters. The Morgan fingerprint density at radius 2 is 1.82 bits per heavy atom. The minimum Gasteiger partial charge on any atom is -0.454 e. The molecule has 0 aliphatic rings. The number of esters is 1. The maximum absolute atomic E-state index is 12.6. The van der Waals surface area contributed by atoms with Gasteiger partial charge in [0.1, 0.15) is 0 Å². The van der Waals surface area contributed by atoms with Crippen molar-refractivity contribution in [2.45, 2.75) is 26.8 Å². The molecule has 0 saturated carbocycles. The monoisotopic (exact) mass is 381 g/mol. The molecule has 7 nitrogen and oxygen atoms in total. The fourth-order valence-electron chi connectivity index (χ4n) is 3.18. The van der Waals surface area contributed by atoms with Crippen molar-refractivity contribution >= 4 is 22.8 Å². The van der Waals surface area contributed by atoms with Gasteiger partial charge in [0.25, 0.3) is 0 Å². The number of aromatic nitrogens is 3. The summed E-state index contributed by atoms with van der Waals surface area (Å²) in [5.41, 5.74) is 4.07. The van der Waals surface area contributed by atoms with Crippen molar-refractivity contribution < 1.29 is 19.1 Å². The summed E-state index contributed by atoms with van der Waals surface area (Å²) in [6.07, 6.45) is 4.01. The van der Waals surface area contributed by atoms with Crippen molar-refractivity contribution in [3.05, 3.63) is 59.2 Å². The normalized spacial score (nSPS) is 11.0. The number of carbonyl (C=O) groups excluding carboxylic acids is 2. The average Bonchev–Trinajstić information content (AvgIpc) is 3.00. The summed E-state index contributed by atoms with van der Waals surface area (Å²) in [5.74, 6) is -0.783. The van der Waals surface area contributed by atoms with E-state index in [-0.39, 0.29) is 12.4 Å². The Balaban J connectivity index is 1.66. The number of Topliss-reactive ketones (excluding diaryl/α,β-unsaturated/α-hetero) is 1. The van der Waals surface area contributed by atoms with Crippen LogP contribution >= 0.6 is 0 Å². The highest BCUT2D eigenvalue weighted by Crippen LogP contribution is 2.17. The summed E-state index contributed by atoms with van der Waals surface area (Å²) in [7, 11) is 1.67. The smallest absolute Gasteiger partial charge is 0.338 e. The van der Waals surface area contributed by atoms with E-state index in [0.717, 1.165) is 24.4 Å². The number of aryl methyl sites for hydroxylation is 1. The molecule has 2 aromatic heterocycles. The SMILES string of the molecule is COCCCn1c(C)cc(C(=O)COC(=O)c2ccc3nccnc3c2)c1C. The minimum absolute atomic E-state index is 0.222. The molecule has 3 aromatic rings. The molecular formula is C21H23N3O4. The zero-order valence-electron chi connectivity index (χ0n) is 16.3. The van der Waals surface area contributed by atoms with Crippen LogP contribution in [-0.2, 0) is 16.0 Å². The van der Waals surface area contributed by atoms with E-state index in [1.807, 2.05) is 19.9 Å². The molecule has 7 heteroatoms. The number of ether oxygens (including phenoxy) is 2. The van der Waals surface area contributed by atoms with Crippen LogP contribution in [0.3, 0.4) is 0 Å². The summed E-state index contributed by atoms with van der Waals surface area (Å²) in [5, 5.41) is 0. The molecule has 0 amide bonds. The highest BCUT2D eigenvalue weighted by Gasteiger charge is 2.18. The van der Waals surface area contributed by atoms with Crippen molar-refractivity contribution in [2.75, 3.05) is 20.3 Å². The quantitative estimate of drug-likeness (QED) is 0.339. The minimum atomic E-state index is -0.560. The largest absolute Gasteiger partial charge is 0.454 e. The van der Waals surface area contributed by atoms with Gasteiger partial charge in [0.05, 0.1) is 16.6 Å². The van der Waals surface area contributed by atoms with Crippen LogP contribution in [0.5, 0.6) is 0 Å². The predicted molar refractivity (Wildman–Crippen MR) is 105 cm³/mol. The van der Waals surface area contributed by atoms with E-state index in [1.54, 1.807) is 37.7 Å². The zero-order chi connectivity index (χ0) is 20.1. The van der Waals surface area contributed by atoms with Gasteiger partial charge in [0, 0.05) is 49.6 Å². The van der Waals surface area contributed by atoms with E-state index in [0.29, 0.717) is 28.8 Å². The second-order valence-electron chi connectivity index (χ2n) is 6.54. The van der Waals surface area contributed by atoms with E-state index >= 15 is 0 Å². The number of ketones is 1. The molecule has 146 valence electrons. The van der Waals surface area contributed by atoms with Gasteiger partial charge in [0.2, 0.25) is 5.78 Å². The number of fused-ring (bicyclic) bond motifs is 1. The van der Waals surface area contributed by atoms with Crippen LogP contribution in [0, 0.1) is 13.8 Å². The molecule has 0 unspecified atom stereocenters. The van der Waals surface area contributed by atoms with Gasteiger partial charge in [-0.3, -0.25) is 14.8 Å². The number of benzene rings is 1. The molecule has 3 rings (SSSR count). The first-order chi connectivity index (χ1) is 13.5. The summed E-state index contributed by atoms with van der Waals surface area (Å²) in [4.78, 5) is 33.2. The summed E-state index contributed by atoms with van der Waals surface area (Å²) < 4.78 is 12.4. The molecule has 0 spiro atoms. The van der Waals surface area contributed by atoms with Gasteiger partial charge in [-0.2, -0.15) is 0 Å². The van der Waals surface area contributed by atoms with Gasteiger partial charge in [-0.05, 0) is 44.5 Å². The molecule has 0 aliphatic heterocycles. The Morgan fingerprint density at radius 1 is 1.07 bits per heavy atom. The van der Waals surface area contributed by atoms with Gasteiger partial charge in [-0.25, -0.2) is 4.79 Å². The van der Waals surface area contributed by atoms with Gasteiger partial charge < -0.3 is 14.0 Å². The number of rotatable bonds is 8. The molecule has 0 bridgehead atoms. The van der Waals surface area contributed by atoms with E-state index in [2.05, 4.69) is 14.5 Å². The third-order valence-electron chi connectivity index (χ3n) is 4.64. The Bertz CT molecular complexity index is 1010. The molecule has 0 aliphatic carbocycles. The molecule has 0 fully saturated rings. The Labute approximate surface area is 163 Å². The topological polar surface area (TPSA) is 83.3 Å². The van der Waals surface area contributed by atoms with Gasteiger partial charge in [-0.1, -0.05) is 0 Å². The van der Waals surface area contributed by atoms with Crippen LogP contribution < -0.4 is 0 Å². The van der Waals surface area contributed by atoms with Gasteiger partial charge in [-0.15, -0.1) is 0 Å². The lowest BCUT2D eigenvalue weighted by atomic mass is 10.1. The second kappa shape index (κ2) is 8.75. The van der Waals surface area contributed by atoms with Crippen molar-refractivity contribution in [3.63, 3.8) is 0 Å². The molecule has 28 heavy (non-hydrogen) atoms. The fraction of sp³-hybridized carbons (Fsp3) is 0.333. The van der Waals surface area contributed by atoms with Crippen molar-refractivity contribution in [1.82, 2.24) is 14.5 Å². The molecule has 0 saturated heterocycles.